The molecule has 0 spiro atoms. The van der Waals surface area contributed by atoms with Crippen LogP contribution in [0.2, 0.25) is 5.02 Å². The van der Waals surface area contributed by atoms with Gasteiger partial charge in [-0.3, -0.25) is 4.57 Å². The molecule has 4 rings (SSSR count). The summed E-state index contributed by atoms with van der Waals surface area (Å²) in [5.74, 6) is 0.902. The molecule has 0 aliphatic carbocycles. The summed E-state index contributed by atoms with van der Waals surface area (Å²) < 4.78 is 3.82. The molecule has 1 aromatic carbocycles. The number of hydrogen-bond acceptors (Lipinski definition) is 3. The van der Waals surface area contributed by atoms with E-state index in [9.17, 15) is 0 Å². The highest BCUT2D eigenvalue weighted by molar-refractivity contribution is 6.33. The first-order valence-electron chi connectivity index (χ1n) is 8.50. The first kappa shape index (κ1) is 16.8. The molecule has 6 heteroatoms. The molecule has 0 unspecified atom stereocenters. The maximum Gasteiger partial charge on any atom is 0.165 e. The molecule has 0 saturated heterocycles. The van der Waals surface area contributed by atoms with Crippen molar-refractivity contribution in [2.75, 3.05) is 0 Å². The first-order chi connectivity index (χ1) is 12.4. The second-order valence-corrected chi connectivity index (χ2v) is 7.80. The molecule has 0 amide bonds. The van der Waals surface area contributed by atoms with Crippen molar-refractivity contribution < 1.29 is 0 Å². The van der Waals surface area contributed by atoms with Gasteiger partial charge in [-0.1, -0.05) is 50.6 Å². The highest BCUT2D eigenvalue weighted by atomic mass is 35.5. The van der Waals surface area contributed by atoms with Crippen LogP contribution in [0.15, 0.2) is 49.1 Å². The van der Waals surface area contributed by atoms with Gasteiger partial charge in [0.25, 0.3) is 0 Å². The zero-order valence-electron chi connectivity index (χ0n) is 15.2. The smallest absolute Gasteiger partial charge is 0.165 e. The monoisotopic (exact) mass is 365 g/mol. The van der Waals surface area contributed by atoms with Crippen LogP contribution in [0.5, 0.6) is 0 Å². The van der Waals surface area contributed by atoms with E-state index >= 15 is 0 Å². The van der Waals surface area contributed by atoms with Crippen molar-refractivity contribution in [3.8, 4) is 16.9 Å². The maximum atomic E-state index is 6.48. The van der Waals surface area contributed by atoms with Gasteiger partial charge in [-0.2, -0.15) is 9.61 Å². The molecule has 132 valence electrons. The van der Waals surface area contributed by atoms with Crippen molar-refractivity contribution in [1.29, 1.82) is 0 Å². The molecule has 0 atom stereocenters. The third-order valence-corrected chi connectivity index (χ3v) is 4.76. The Labute approximate surface area is 157 Å². The zero-order valence-corrected chi connectivity index (χ0v) is 16.0. The summed E-state index contributed by atoms with van der Waals surface area (Å²) in [5, 5.41) is 5.45. The summed E-state index contributed by atoms with van der Waals surface area (Å²) in [5.41, 5.74) is 4.47. The molecule has 0 fully saturated rings. The van der Waals surface area contributed by atoms with Crippen molar-refractivity contribution >= 4 is 17.2 Å². The summed E-state index contributed by atoms with van der Waals surface area (Å²) in [6.45, 7) is 8.45. The fraction of sp³-hybridized carbons (Fsp3) is 0.250. The van der Waals surface area contributed by atoms with Gasteiger partial charge in [0.15, 0.2) is 5.65 Å². The van der Waals surface area contributed by atoms with Crippen LogP contribution in [0, 0.1) is 6.92 Å². The van der Waals surface area contributed by atoms with E-state index in [0.717, 1.165) is 34.0 Å². The van der Waals surface area contributed by atoms with Crippen LogP contribution in [0.4, 0.5) is 0 Å². The summed E-state index contributed by atoms with van der Waals surface area (Å²) in [7, 11) is 0. The Hall–Kier alpha value is -2.66. The number of nitrogens with zero attached hydrogens (tertiary/aromatic N) is 5. The van der Waals surface area contributed by atoms with Gasteiger partial charge in [-0.05, 0) is 13.0 Å². The number of halogens is 1. The van der Waals surface area contributed by atoms with Gasteiger partial charge >= 0.3 is 0 Å². The van der Waals surface area contributed by atoms with Crippen molar-refractivity contribution in [2.24, 2.45) is 0 Å². The van der Waals surface area contributed by atoms with Crippen molar-refractivity contribution in [2.45, 2.75) is 33.1 Å². The van der Waals surface area contributed by atoms with Gasteiger partial charge in [-0.15, -0.1) is 0 Å². The van der Waals surface area contributed by atoms with Crippen molar-refractivity contribution in [3.05, 3.63) is 65.5 Å². The van der Waals surface area contributed by atoms with Gasteiger partial charge in [0, 0.05) is 34.5 Å². The Morgan fingerprint density at radius 3 is 2.54 bits per heavy atom. The number of fused-ring (bicyclic) bond motifs is 1. The Morgan fingerprint density at radius 2 is 1.88 bits per heavy atom. The highest BCUT2D eigenvalue weighted by Crippen LogP contribution is 2.35. The first-order valence-corrected chi connectivity index (χ1v) is 8.88. The van der Waals surface area contributed by atoms with Crippen molar-refractivity contribution in [3.63, 3.8) is 0 Å². The largest absolute Gasteiger partial charge is 0.290 e. The molecule has 0 aliphatic rings. The average Bonchev–Trinajstić information content (AvgIpc) is 3.21. The van der Waals surface area contributed by atoms with E-state index in [0.29, 0.717) is 5.02 Å². The third-order valence-electron chi connectivity index (χ3n) is 4.43. The summed E-state index contributed by atoms with van der Waals surface area (Å²) >= 11 is 6.48. The topological polar surface area (TPSA) is 48.0 Å². The molecule has 0 radical (unpaired) electrons. The second kappa shape index (κ2) is 5.95. The van der Waals surface area contributed by atoms with Gasteiger partial charge in [0.1, 0.15) is 12.1 Å². The van der Waals surface area contributed by atoms with Gasteiger partial charge in [-0.25, -0.2) is 9.97 Å². The molecular weight excluding hydrogens is 346 g/mol. The molecule has 0 saturated carbocycles. The SMILES string of the molecule is Cc1nn2c(-n3ccnc3)cc(C(C)(C)C)nc2c1-c1ccccc1Cl. The number of aromatic nitrogens is 5. The fourth-order valence-corrected chi connectivity index (χ4v) is 3.28. The summed E-state index contributed by atoms with van der Waals surface area (Å²) in [4.78, 5) is 9.14. The maximum absolute atomic E-state index is 6.48. The molecule has 0 aliphatic heterocycles. The van der Waals surface area contributed by atoms with Gasteiger partial charge in [0.05, 0.1) is 17.0 Å². The molecule has 4 aromatic rings. The van der Waals surface area contributed by atoms with E-state index in [4.69, 9.17) is 21.7 Å². The minimum Gasteiger partial charge on any atom is -0.290 e. The van der Waals surface area contributed by atoms with E-state index in [2.05, 4.69) is 31.8 Å². The van der Waals surface area contributed by atoms with E-state index in [-0.39, 0.29) is 5.41 Å². The molecule has 3 heterocycles. The van der Waals surface area contributed by atoms with Crippen LogP contribution in [0.3, 0.4) is 0 Å². The van der Waals surface area contributed by atoms with E-state index in [1.54, 1.807) is 12.5 Å². The van der Waals surface area contributed by atoms with E-state index in [1.807, 2.05) is 46.5 Å². The fourth-order valence-electron chi connectivity index (χ4n) is 3.05. The molecule has 0 bridgehead atoms. The van der Waals surface area contributed by atoms with E-state index < -0.39 is 0 Å². The second-order valence-electron chi connectivity index (χ2n) is 7.40. The quantitative estimate of drug-likeness (QED) is 0.510. The minimum absolute atomic E-state index is 0.104. The molecule has 5 nitrogen and oxygen atoms in total. The van der Waals surface area contributed by atoms with Crippen LogP contribution in [0.25, 0.3) is 22.6 Å². The summed E-state index contributed by atoms with van der Waals surface area (Å²) in [6.07, 6.45) is 5.44. The number of aryl methyl sites for hydroxylation is 1. The van der Waals surface area contributed by atoms with Crippen LogP contribution >= 0.6 is 11.6 Å². The zero-order chi connectivity index (χ0) is 18.5. The van der Waals surface area contributed by atoms with Crippen LogP contribution in [-0.2, 0) is 5.41 Å². The summed E-state index contributed by atoms with van der Waals surface area (Å²) in [6, 6.07) is 9.88. The lowest BCUT2D eigenvalue weighted by atomic mass is 9.92. The molecular formula is C20H20ClN5. The highest BCUT2D eigenvalue weighted by Gasteiger charge is 2.23. The minimum atomic E-state index is -0.104. The predicted molar refractivity (Wildman–Crippen MR) is 104 cm³/mol. The lowest BCUT2D eigenvalue weighted by molar-refractivity contribution is 0.567. The number of rotatable bonds is 2. The van der Waals surface area contributed by atoms with Crippen molar-refractivity contribution in [1.82, 2.24) is 24.1 Å². The van der Waals surface area contributed by atoms with Gasteiger partial charge in [0.2, 0.25) is 0 Å². The Bertz CT molecular complexity index is 1090. The number of benzene rings is 1. The Morgan fingerprint density at radius 1 is 1.12 bits per heavy atom. The standard InChI is InChI=1S/C20H20ClN5/c1-13-18(14-7-5-6-8-15(14)21)19-23-16(20(2,3)4)11-17(26(19)24-13)25-10-9-22-12-25/h5-12H,1-4H3. The number of imidazole rings is 1. The Balaban J connectivity index is 2.11. The lowest BCUT2D eigenvalue weighted by Gasteiger charge is -2.19. The molecule has 0 N–H and O–H groups in total. The number of hydrogen-bond donors (Lipinski definition) is 0. The Kier molecular flexibility index (Phi) is 3.84. The predicted octanol–water partition coefficient (Wildman–Crippen LogP) is 4.84. The third kappa shape index (κ3) is 2.69. The van der Waals surface area contributed by atoms with Gasteiger partial charge < -0.3 is 0 Å². The van der Waals surface area contributed by atoms with Crippen LogP contribution in [0.1, 0.15) is 32.2 Å². The molecule has 26 heavy (non-hydrogen) atoms. The van der Waals surface area contributed by atoms with E-state index in [1.165, 1.54) is 0 Å². The van der Waals surface area contributed by atoms with Crippen LogP contribution in [-0.4, -0.2) is 24.1 Å². The lowest BCUT2D eigenvalue weighted by Crippen LogP contribution is -2.16. The molecule has 3 aromatic heterocycles. The van der Waals surface area contributed by atoms with Crippen LogP contribution < -0.4 is 0 Å². The normalized spacial score (nSPS) is 12.0. The average molecular weight is 366 g/mol.